The van der Waals surface area contributed by atoms with Crippen molar-refractivity contribution in [3.63, 3.8) is 0 Å². The number of hydrogen-bond donors (Lipinski definition) is 0. The summed E-state index contributed by atoms with van der Waals surface area (Å²) in [5, 5.41) is 0. The topological polar surface area (TPSA) is 142 Å². The highest BCUT2D eigenvalue weighted by atomic mass is 16.7. The Bertz CT molecular complexity index is 1090. The molecule has 12 heteroatoms. The standard InChI is InChI=1S/C49H90O12/c1-7-9-11-13-15-17-19-21-23-25-27-29-31-33-35-54-37-44(55-36-34-32-30-28-26-24-22-20-18-16-14-12-10-8-2)38-57-49-48(60-43(6)53)47(59-42(5)52)46(58-41(4)51)45(61-49)39-56-40(3)50/h44-49H,7-39H2,1-6H3/t44?,45-,46-,47+,48-,49-/m1/s1. The number of carbonyl (C=O) groups excluding carboxylic acids is 4. The molecule has 0 amide bonds. The fourth-order valence-electron chi connectivity index (χ4n) is 7.83. The van der Waals surface area contributed by atoms with Crippen LogP contribution in [-0.4, -0.2) is 93.7 Å². The van der Waals surface area contributed by atoms with Gasteiger partial charge in [0.1, 0.15) is 18.8 Å². The van der Waals surface area contributed by atoms with Gasteiger partial charge in [0.05, 0.1) is 13.2 Å². The highest BCUT2D eigenvalue weighted by molar-refractivity contribution is 5.68. The van der Waals surface area contributed by atoms with Crippen molar-refractivity contribution in [2.75, 3.05) is 33.0 Å². The SMILES string of the molecule is CCCCCCCCCCCCCCCCOCC(CO[C@@H]1O[C@H](COC(C)=O)[C@@H](OC(C)=O)[C@H](OC(C)=O)[C@H]1OC(C)=O)OCCCCCCCCCCCCCCCC. The van der Waals surface area contributed by atoms with Crippen LogP contribution in [-0.2, 0) is 57.1 Å². The number of esters is 4. The largest absolute Gasteiger partial charge is 0.463 e. The van der Waals surface area contributed by atoms with Crippen LogP contribution in [0.5, 0.6) is 0 Å². The molecule has 0 spiro atoms. The summed E-state index contributed by atoms with van der Waals surface area (Å²) in [6.45, 7) is 10.5. The maximum absolute atomic E-state index is 12.3. The second-order valence-corrected chi connectivity index (χ2v) is 17.2. The van der Waals surface area contributed by atoms with Gasteiger partial charge in [-0.05, 0) is 12.8 Å². The molecule has 0 N–H and O–H groups in total. The smallest absolute Gasteiger partial charge is 0.303 e. The van der Waals surface area contributed by atoms with Gasteiger partial charge in [-0.25, -0.2) is 0 Å². The van der Waals surface area contributed by atoms with E-state index in [2.05, 4.69) is 13.8 Å². The van der Waals surface area contributed by atoms with E-state index in [1.807, 2.05) is 0 Å². The maximum Gasteiger partial charge on any atom is 0.303 e. The number of hydrogen-bond acceptors (Lipinski definition) is 12. The minimum Gasteiger partial charge on any atom is -0.463 e. The summed E-state index contributed by atoms with van der Waals surface area (Å²) in [4.78, 5) is 48.4. The minimum atomic E-state index is -1.30. The molecule has 0 aromatic rings. The molecule has 358 valence electrons. The van der Waals surface area contributed by atoms with Crippen molar-refractivity contribution in [1.82, 2.24) is 0 Å². The second kappa shape index (κ2) is 39.3. The van der Waals surface area contributed by atoms with Gasteiger partial charge in [-0.1, -0.05) is 181 Å². The highest BCUT2D eigenvalue weighted by Crippen LogP contribution is 2.30. The van der Waals surface area contributed by atoms with Gasteiger partial charge in [0.15, 0.2) is 24.6 Å². The van der Waals surface area contributed by atoms with Gasteiger partial charge in [0, 0.05) is 40.9 Å². The molecule has 1 unspecified atom stereocenters. The molecule has 1 saturated heterocycles. The Balaban J connectivity index is 2.72. The summed E-state index contributed by atoms with van der Waals surface area (Å²) in [7, 11) is 0. The van der Waals surface area contributed by atoms with Crippen LogP contribution in [0.3, 0.4) is 0 Å². The lowest BCUT2D eigenvalue weighted by Gasteiger charge is -2.44. The van der Waals surface area contributed by atoms with Crippen LogP contribution in [0.15, 0.2) is 0 Å². The van der Waals surface area contributed by atoms with Crippen molar-refractivity contribution in [3.8, 4) is 0 Å². The summed E-state index contributed by atoms with van der Waals surface area (Å²) in [5.74, 6) is -2.65. The van der Waals surface area contributed by atoms with Gasteiger partial charge >= 0.3 is 23.9 Å². The summed E-state index contributed by atoms with van der Waals surface area (Å²) >= 11 is 0. The van der Waals surface area contributed by atoms with Crippen LogP contribution >= 0.6 is 0 Å². The Morgan fingerprint density at radius 2 is 0.820 bits per heavy atom. The van der Waals surface area contributed by atoms with Gasteiger partial charge in [0.2, 0.25) is 0 Å². The van der Waals surface area contributed by atoms with E-state index in [0.29, 0.717) is 19.8 Å². The third-order valence-corrected chi connectivity index (χ3v) is 11.2. The van der Waals surface area contributed by atoms with Gasteiger partial charge in [-0.2, -0.15) is 0 Å². The number of ether oxygens (including phenoxy) is 8. The summed E-state index contributed by atoms with van der Waals surface area (Å²) < 4.78 is 46.7. The first-order valence-electron chi connectivity index (χ1n) is 24.7. The Hall–Kier alpha value is -2.28. The van der Waals surface area contributed by atoms with E-state index in [9.17, 15) is 19.2 Å². The first kappa shape index (κ1) is 56.7. The van der Waals surface area contributed by atoms with Crippen LogP contribution in [0, 0.1) is 0 Å². The van der Waals surface area contributed by atoms with Crippen LogP contribution in [0.1, 0.15) is 221 Å². The van der Waals surface area contributed by atoms with Crippen LogP contribution in [0.4, 0.5) is 0 Å². The zero-order valence-electron chi connectivity index (χ0n) is 39.7. The quantitative estimate of drug-likeness (QED) is 0.0328. The molecule has 0 aliphatic carbocycles. The van der Waals surface area contributed by atoms with E-state index in [-0.39, 0.29) is 13.2 Å². The third-order valence-electron chi connectivity index (χ3n) is 11.2. The molecule has 1 aliphatic rings. The number of rotatable bonds is 41. The van der Waals surface area contributed by atoms with E-state index in [0.717, 1.165) is 25.7 Å². The molecule has 1 fully saturated rings. The van der Waals surface area contributed by atoms with E-state index in [1.165, 1.54) is 182 Å². The fraction of sp³-hybridized carbons (Fsp3) is 0.918. The lowest BCUT2D eigenvalue weighted by molar-refractivity contribution is -0.312. The van der Waals surface area contributed by atoms with Crippen molar-refractivity contribution in [2.45, 2.75) is 258 Å². The zero-order valence-corrected chi connectivity index (χ0v) is 39.7. The number of unbranched alkanes of at least 4 members (excludes halogenated alkanes) is 26. The van der Waals surface area contributed by atoms with Gasteiger partial charge in [-0.15, -0.1) is 0 Å². The summed E-state index contributed by atoms with van der Waals surface area (Å²) in [6.07, 6.45) is 29.2. The molecule has 0 aromatic heterocycles. The Morgan fingerprint density at radius 3 is 1.23 bits per heavy atom. The van der Waals surface area contributed by atoms with Crippen molar-refractivity contribution >= 4 is 23.9 Å². The first-order chi connectivity index (χ1) is 29.6. The molecule has 1 aliphatic heterocycles. The molecule has 1 heterocycles. The third kappa shape index (κ3) is 32.1. The second-order valence-electron chi connectivity index (χ2n) is 17.2. The van der Waals surface area contributed by atoms with Crippen molar-refractivity contribution < 1.29 is 57.1 Å². The van der Waals surface area contributed by atoms with E-state index in [1.54, 1.807) is 0 Å². The molecular formula is C49H90O12. The molecule has 12 nitrogen and oxygen atoms in total. The van der Waals surface area contributed by atoms with Crippen molar-refractivity contribution in [2.24, 2.45) is 0 Å². The molecule has 61 heavy (non-hydrogen) atoms. The molecule has 0 bridgehead atoms. The van der Waals surface area contributed by atoms with Gasteiger partial charge in [-0.3, -0.25) is 19.2 Å². The molecule has 0 radical (unpaired) electrons. The fourth-order valence-corrected chi connectivity index (χ4v) is 7.83. The zero-order chi connectivity index (χ0) is 44.8. The van der Waals surface area contributed by atoms with Crippen LogP contribution < -0.4 is 0 Å². The summed E-state index contributed by atoms with van der Waals surface area (Å²) in [6, 6.07) is 0. The van der Waals surface area contributed by atoms with Crippen LogP contribution in [0.2, 0.25) is 0 Å². The Kier molecular flexibility index (Phi) is 36.6. The minimum absolute atomic E-state index is 0.0189. The molecule has 1 rings (SSSR count). The lowest BCUT2D eigenvalue weighted by Crippen LogP contribution is -2.63. The average molecular weight is 871 g/mol. The summed E-state index contributed by atoms with van der Waals surface area (Å²) in [5.41, 5.74) is 0. The van der Waals surface area contributed by atoms with E-state index < -0.39 is 60.7 Å². The predicted molar refractivity (Wildman–Crippen MR) is 239 cm³/mol. The molecule has 0 aromatic carbocycles. The number of carbonyl (C=O) groups is 4. The predicted octanol–water partition coefficient (Wildman–Crippen LogP) is 11.5. The molecule has 0 saturated carbocycles. The van der Waals surface area contributed by atoms with Crippen molar-refractivity contribution in [1.29, 1.82) is 0 Å². The van der Waals surface area contributed by atoms with Crippen LogP contribution in [0.25, 0.3) is 0 Å². The lowest BCUT2D eigenvalue weighted by atomic mass is 9.98. The van der Waals surface area contributed by atoms with Crippen molar-refractivity contribution in [3.05, 3.63) is 0 Å². The normalized spacial score (nSPS) is 19.3. The first-order valence-corrected chi connectivity index (χ1v) is 24.7. The molecular weight excluding hydrogens is 781 g/mol. The molecule has 6 atom stereocenters. The van der Waals surface area contributed by atoms with E-state index >= 15 is 0 Å². The highest BCUT2D eigenvalue weighted by Gasteiger charge is 2.53. The Morgan fingerprint density at radius 1 is 0.443 bits per heavy atom. The van der Waals surface area contributed by atoms with Gasteiger partial charge in [0.25, 0.3) is 0 Å². The van der Waals surface area contributed by atoms with Gasteiger partial charge < -0.3 is 37.9 Å². The Labute approximate surface area is 371 Å². The average Bonchev–Trinajstić information content (AvgIpc) is 3.21. The van der Waals surface area contributed by atoms with E-state index in [4.69, 9.17) is 37.9 Å². The maximum atomic E-state index is 12.3. The monoisotopic (exact) mass is 871 g/mol.